The summed E-state index contributed by atoms with van der Waals surface area (Å²) in [6, 6.07) is 5.52. The van der Waals surface area contributed by atoms with Gasteiger partial charge in [-0.2, -0.15) is 5.10 Å². The molecule has 2 aromatic heterocycles. The minimum absolute atomic E-state index is 0.0557. The van der Waals surface area contributed by atoms with E-state index in [1.165, 1.54) is 0 Å². The fourth-order valence-electron chi connectivity index (χ4n) is 2.56. The maximum absolute atomic E-state index is 12.4. The molecule has 1 saturated heterocycles. The predicted molar refractivity (Wildman–Crippen MR) is 88.7 cm³/mol. The van der Waals surface area contributed by atoms with Gasteiger partial charge < -0.3 is 14.7 Å². The summed E-state index contributed by atoms with van der Waals surface area (Å²) in [6.07, 6.45) is 5.03. The second-order valence-corrected chi connectivity index (χ2v) is 5.68. The molecule has 0 radical (unpaired) electrons. The first-order chi connectivity index (χ1) is 11.1. The Morgan fingerprint density at radius 3 is 2.48 bits per heavy atom. The molecule has 0 aliphatic carbocycles. The van der Waals surface area contributed by atoms with Crippen molar-refractivity contribution in [2.45, 2.75) is 0 Å². The normalized spacial score (nSPS) is 14.7. The van der Waals surface area contributed by atoms with Crippen molar-refractivity contribution in [2.24, 2.45) is 0 Å². The van der Waals surface area contributed by atoms with Gasteiger partial charge in [-0.15, -0.1) is 5.10 Å². The van der Waals surface area contributed by atoms with E-state index in [4.69, 9.17) is 0 Å². The van der Waals surface area contributed by atoms with Crippen LogP contribution in [0.5, 0.6) is 0 Å². The number of aromatic nitrogens is 3. The Balaban J connectivity index is 1.64. The number of rotatable bonds is 3. The van der Waals surface area contributed by atoms with Crippen LogP contribution in [0.2, 0.25) is 0 Å². The zero-order valence-electron chi connectivity index (χ0n) is 13.4. The van der Waals surface area contributed by atoms with Gasteiger partial charge in [0, 0.05) is 64.3 Å². The van der Waals surface area contributed by atoms with Gasteiger partial charge in [0.25, 0.3) is 5.91 Å². The van der Waals surface area contributed by atoms with Gasteiger partial charge in [0.1, 0.15) is 0 Å². The average molecular weight is 312 g/mol. The lowest BCUT2D eigenvalue weighted by molar-refractivity contribution is 0.0746. The molecule has 2 aromatic rings. The Morgan fingerprint density at radius 2 is 1.83 bits per heavy atom. The Labute approximate surface area is 135 Å². The van der Waals surface area contributed by atoms with Crippen LogP contribution in [0.1, 0.15) is 10.4 Å². The average Bonchev–Trinajstić information content (AvgIpc) is 2.62. The highest BCUT2D eigenvalue weighted by Gasteiger charge is 2.23. The van der Waals surface area contributed by atoms with Gasteiger partial charge in [-0.25, -0.2) is 0 Å². The third kappa shape index (κ3) is 3.39. The number of carbonyl (C=O) groups excluding carboxylic acids is 1. The summed E-state index contributed by atoms with van der Waals surface area (Å²) in [6.45, 7) is 2.86. The van der Waals surface area contributed by atoms with Gasteiger partial charge in [-0.05, 0) is 12.1 Å². The maximum atomic E-state index is 12.4. The van der Waals surface area contributed by atoms with Crippen molar-refractivity contribution >= 4 is 17.4 Å². The van der Waals surface area contributed by atoms with Crippen LogP contribution >= 0.6 is 0 Å². The monoisotopic (exact) mass is 312 g/mol. The molecule has 0 aromatic carbocycles. The van der Waals surface area contributed by atoms with Crippen LogP contribution in [0.4, 0.5) is 11.5 Å². The summed E-state index contributed by atoms with van der Waals surface area (Å²) in [7, 11) is 3.96. The highest BCUT2D eigenvalue weighted by Crippen LogP contribution is 2.19. The predicted octanol–water partition coefficient (Wildman–Crippen LogP) is 0.900. The summed E-state index contributed by atoms with van der Waals surface area (Å²) < 4.78 is 0. The first kappa shape index (κ1) is 15.2. The summed E-state index contributed by atoms with van der Waals surface area (Å²) in [5.41, 5.74) is 1.70. The van der Waals surface area contributed by atoms with E-state index in [0.29, 0.717) is 18.7 Å². The van der Waals surface area contributed by atoms with E-state index >= 15 is 0 Å². The molecule has 0 N–H and O–H groups in total. The number of carbonyl (C=O) groups is 1. The standard InChI is InChI=1S/C16H20N6O/c1-20(2)14-11-15(19-18-12-14)21-7-9-22(10-8-21)16(23)13-3-5-17-6-4-13/h3-6,11-12H,7-10H2,1-2H3. The fourth-order valence-corrected chi connectivity index (χ4v) is 2.56. The number of hydrogen-bond donors (Lipinski definition) is 0. The molecule has 0 unspecified atom stereocenters. The van der Waals surface area contributed by atoms with Gasteiger partial charge in [-0.1, -0.05) is 0 Å². The highest BCUT2D eigenvalue weighted by atomic mass is 16.2. The molecule has 0 saturated carbocycles. The quantitative estimate of drug-likeness (QED) is 0.839. The van der Waals surface area contributed by atoms with Crippen molar-refractivity contribution in [3.63, 3.8) is 0 Å². The van der Waals surface area contributed by atoms with Gasteiger partial charge >= 0.3 is 0 Å². The molecule has 1 aliphatic rings. The third-order valence-corrected chi connectivity index (χ3v) is 3.96. The van der Waals surface area contributed by atoms with Gasteiger partial charge in [0.15, 0.2) is 5.82 Å². The molecule has 3 rings (SSSR count). The molecule has 0 bridgehead atoms. The van der Waals surface area contributed by atoms with Crippen LogP contribution < -0.4 is 9.80 Å². The minimum atomic E-state index is 0.0557. The second kappa shape index (κ2) is 6.60. The fraction of sp³-hybridized carbons (Fsp3) is 0.375. The Bertz CT molecular complexity index is 667. The Kier molecular flexibility index (Phi) is 4.36. The van der Waals surface area contributed by atoms with E-state index in [-0.39, 0.29) is 5.91 Å². The number of nitrogens with zero attached hydrogens (tertiary/aromatic N) is 6. The smallest absolute Gasteiger partial charge is 0.254 e. The summed E-state index contributed by atoms with van der Waals surface area (Å²) >= 11 is 0. The van der Waals surface area contributed by atoms with E-state index in [2.05, 4.69) is 20.1 Å². The van der Waals surface area contributed by atoms with E-state index in [9.17, 15) is 4.79 Å². The maximum Gasteiger partial charge on any atom is 0.254 e. The van der Waals surface area contributed by atoms with Crippen LogP contribution in [-0.4, -0.2) is 66.3 Å². The molecule has 120 valence electrons. The summed E-state index contributed by atoms with van der Waals surface area (Å²) in [5, 5.41) is 8.27. The summed E-state index contributed by atoms with van der Waals surface area (Å²) in [5.74, 6) is 0.910. The highest BCUT2D eigenvalue weighted by molar-refractivity contribution is 5.94. The molecule has 1 fully saturated rings. The van der Waals surface area contributed by atoms with Gasteiger partial charge in [-0.3, -0.25) is 9.78 Å². The largest absolute Gasteiger partial charge is 0.376 e. The number of piperazine rings is 1. The molecular weight excluding hydrogens is 292 g/mol. The molecule has 1 aliphatic heterocycles. The van der Waals surface area contributed by atoms with Crippen LogP contribution in [0, 0.1) is 0 Å². The number of amides is 1. The Morgan fingerprint density at radius 1 is 1.13 bits per heavy atom. The first-order valence-electron chi connectivity index (χ1n) is 7.59. The minimum Gasteiger partial charge on any atom is -0.376 e. The molecule has 23 heavy (non-hydrogen) atoms. The zero-order valence-corrected chi connectivity index (χ0v) is 13.4. The number of pyridine rings is 1. The first-order valence-corrected chi connectivity index (χ1v) is 7.59. The Hall–Kier alpha value is -2.70. The van der Waals surface area contributed by atoms with E-state index in [1.54, 1.807) is 30.7 Å². The van der Waals surface area contributed by atoms with Crippen LogP contribution in [0.3, 0.4) is 0 Å². The van der Waals surface area contributed by atoms with Crippen LogP contribution in [-0.2, 0) is 0 Å². The van der Waals surface area contributed by atoms with Crippen molar-refractivity contribution in [3.05, 3.63) is 42.4 Å². The molecule has 7 nitrogen and oxygen atoms in total. The lowest BCUT2D eigenvalue weighted by Crippen LogP contribution is -2.49. The molecule has 7 heteroatoms. The number of hydrogen-bond acceptors (Lipinski definition) is 6. The summed E-state index contributed by atoms with van der Waals surface area (Å²) in [4.78, 5) is 22.4. The number of anilines is 2. The van der Waals surface area contributed by atoms with Gasteiger partial charge in [0.05, 0.1) is 11.9 Å². The van der Waals surface area contributed by atoms with Crippen molar-refractivity contribution < 1.29 is 4.79 Å². The van der Waals surface area contributed by atoms with Crippen molar-refractivity contribution in [2.75, 3.05) is 50.1 Å². The second-order valence-electron chi connectivity index (χ2n) is 5.68. The molecular formula is C16H20N6O. The van der Waals surface area contributed by atoms with Crippen LogP contribution in [0.25, 0.3) is 0 Å². The molecule has 0 spiro atoms. The topological polar surface area (TPSA) is 65.5 Å². The van der Waals surface area contributed by atoms with Crippen molar-refractivity contribution in [1.29, 1.82) is 0 Å². The van der Waals surface area contributed by atoms with Gasteiger partial charge in [0.2, 0.25) is 0 Å². The van der Waals surface area contributed by atoms with E-state index in [1.807, 2.05) is 30.0 Å². The lowest BCUT2D eigenvalue weighted by atomic mass is 10.2. The SMILES string of the molecule is CN(C)c1cnnc(N2CCN(C(=O)c3ccncc3)CC2)c1. The van der Waals surface area contributed by atoms with E-state index in [0.717, 1.165) is 24.6 Å². The molecule has 1 amide bonds. The molecule has 3 heterocycles. The van der Waals surface area contributed by atoms with E-state index < -0.39 is 0 Å². The van der Waals surface area contributed by atoms with Crippen molar-refractivity contribution in [1.82, 2.24) is 20.1 Å². The zero-order chi connectivity index (χ0) is 16.2. The van der Waals surface area contributed by atoms with Crippen LogP contribution in [0.15, 0.2) is 36.8 Å². The molecule has 0 atom stereocenters. The third-order valence-electron chi connectivity index (χ3n) is 3.96. The lowest BCUT2D eigenvalue weighted by Gasteiger charge is -2.35. The van der Waals surface area contributed by atoms with Crippen molar-refractivity contribution in [3.8, 4) is 0 Å².